The van der Waals surface area contributed by atoms with Crippen molar-refractivity contribution >= 4 is 11.3 Å². The van der Waals surface area contributed by atoms with E-state index in [0.29, 0.717) is 11.3 Å². The van der Waals surface area contributed by atoms with Gasteiger partial charge in [-0.25, -0.2) is 0 Å². The zero-order valence-electron chi connectivity index (χ0n) is 7.27. The number of azide groups is 1. The van der Waals surface area contributed by atoms with Crippen molar-refractivity contribution in [1.82, 2.24) is 0 Å². The maximum Gasteiger partial charge on any atom is 0.425 e. The van der Waals surface area contributed by atoms with Crippen LogP contribution >= 0.6 is 11.3 Å². The van der Waals surface area contributed by atoms with E-state index in [4.69, 9.17) is 5.53 Å². The van der Waals surface area contributed by atoms with Crippen molar-refractivity contribution in [2.24, 2.45) is 5.11 Å². The minimum atomic E-state index is -4.40. The first-order valence-corrected chi connectivity index (χ1v) is 4.62. The van der Waals surface area contributed by atoms with Gasteiger partial charge in [0.05, 0.1) is 12.6 Å². The van der Waals surface area contributed by atoms with Crippen molar-refractivity contribution in [3.05, 3.63) is 32.3 Å². The number of nitrogens with zero attached hydrogens (tertiary/aromatic N) is 3. The minimum Gasteiger partial charge on any atom is -0.387 e. The second kappa shape index (κ2) is 4.52. The number of aliphatic hydroxyl groups is 1. The molecular weight excluding hydrogens is 231 g/mol. The Morgan fingerprint density at radius 2 is 2.20 bits per heavy atom. The van der Waals surface area contributed by atoms with Crippen LogP contribution < -0.4 is 0 Å². The quantitative estimate of drug-likeness (QED) is 0.489. The number of aliphatic hydroxyl groups excluding tert-OH is 1. The summed E-state index contributed by atoms with van der Waals surface area (Å²) in [6.07, 6.45) is -5.58. The number of hydrogen-bond acceptors (Lipinski definition) is 3. The van der Waals surface area contributed by atoms with Crippen molar-refractivity contribution in [3.8, 4) is 0 Å². The van der Waals surface area contributed by atoms with E-state index in [1.54, 1.807) is 0 Å². The van der Waals surface area contributed by atoms with E-state index in [0.717, 1.165) is 6.07 Å². The molecule has 0 aliphatic rings. The van der Waals surface area contributed by atoms with Gasteiger partial charge in [-0.2, -0.15) is 13.2 Å². The van der Waals surface area contributed by atoms with Crippen molar-refractivity contribution < 1.29 is 18.3 Å². The summed E-state index contributed by atoms with van der Waals surface area (Å²) in [5, 5.41) is 12.4. The van der Waals surface area contributed by atoms with Gasteiger partial charge in [0.1, 0.15) is 4.88 Å². The molecule has 1 N–H and O–H groups in total. The molecule has 0 saturated heterocycles. The van der Waals surface area contributed by atoms with E-state index in [2.05, 4.69) is 10.0 Å². The highest BCUT2D eigenvalue weighted by Crippen LogP contribution is 2.36. The van der Waals surface area contributed by atoms with Gasteiger partial charge in [-0.3, -0.25) is 0 Å². The van der Waals surface area contributed by atoms with E-state index in [9.17, 15) is 18.3 Å². The van der Waals surface area contributed by atoms with Crippen LogP contribution in [0.2, 0.25) is 0 Å². The number of halogens is 3. The Morgan fingerprint density at radius 3 is 2.67 bits per heavy atom. The first-order valence-electron chi connectivity index (χ1n) is 3.81. The number of hydrogen-bond donors (Lipinski definition) is 1. The van der Waals surface area contributed by atoms with Crippen LogP contribution in [0.25, 0.3) is 10.4 Å². The van der Waals surface area contributed by atoms with E-state index in [1.807, 2.05) is 0 Å². The van der Waals surface area contributed by atoms with Crippen molar-refractivity contribution in [1.29, 1.82) is 0 Å². The second-order valence-corrected chi connectivity index (χ2v) is 3.74. The lowest BCUT2D eigenvalue weighted by molar-refractivity contribution is -0.134. The molecule has 1 heterocycles. The minimum absolute atomic E-state index is 0.134. The zero-order chi connectivity index (χ0) is 11.5. The fourth-order valence-electron chi connectivity index (χ4n) is 0.888. The molecule has 4 nitrogen and oxygen atoms in total. The molecule has 0 amide bonds. The fraction of sp³-hybridized carbons (Fsp3) is 0.429. The molecule has 1 atom stereocenters. The van der Waals surface area contributed by atoms with Gasteiger partial charge >= 0.3 is 6.18 Å². The lowest BCUT2D eigenvalue weighted by atomic mass is 10.3. The molecule has 0 aliphatic carbocycles. The molecular formula is C7H6F3N3OS. The van der Waals surface area contributed by atoms with Crippen LogP contribution in [0.5, 0.6) is 0 Å². The molecule has 0 fully saturated rings. The van der Waals surface area contributed by atoms with Crippen LogP contribution in [0.1, 0.15) is 15.9 Å². The summed E-state index contributed by atoms with van der Waals surface area (Å²) in [6.45, 7) is -0.270. The first-order chi connectivity index (χ1) is 6.95. The third kappa shape index (κ3) is 3.12. The van der Waals surface area contributed by atoms with E-state index >= 15 is 0 Å². The Balaban J connectivity index is 2.80. The Morgan fingerprint density at radius 1 is 1.53 bits per heavy atom. The molecule has 0 spiro atoms. The topological polar surface area (TPSA) is 69.0 Å². The van der Waals surface area contributed by atoms with E-state index < -0.39 is 17.2 Å². The van der Waals surface area contributed by atoms with Gasteiger partial charge in [-0.05, 0) is 17.7 Å². The van der Waals surface area contributed by atoms with Gasteiger partial charge in [0.25, 0.3) is 0 Å². The van der Waals surface area contributed by atoms with Gasteiger partial charge in [-0.1, -0.05) is 5.11 Å². The summed E-state index contributed by atoms with van der Waals surface area (Å²) in [7, 11) is 0. The monoisotopic (exact) mass is 237 g/mol. The summed E-state index contributed by atoms with van der Waals surface area (Å²) in [4.78, 5) is 1.76. The third-order valence-electron chi connectivity index (χ3n) is 1.55. The molecule has 1 rings (SSSR count). The van der Waals surface area contributed by atoms with Gasteiger partial charge in [-0.15, -0.1) is 11.3 Å². The lowest BCUT2D eigenvalue weighted by Crippen LogP contribution is -2.01. The van der Waals surface area contributed by atoms with Crippen molar-refractivity contribution in [2.45, 2.75) is 12.3 Å². The summed E-state index contributed by atoms with van der Waals surface area (Å²) >= 11 is 0.440. The predicted molar refractivity (Wildman–Crippen MR) is 48.3 cm³/mol. The molecule has 8 heteroatoms. The molecule has 0 bridgehead atoms. The zero-order valence-corrected chi connectivity index (χ0v) is 8.09. The molecule has 0 saturated carbocycles. The Kier molecular flexibility index (Phi) is 3.57. The largest absolute Gasteiger partial charge is 0.425 e. The number of alkyl halides is 3. The average Bonchev–Trinajstić information content (AvgIpc) is 2.62. The standard InChI is InChI=1S/C7H6F3N3OS/c8-7(9,10)6-2-1-5(15-6)4(14)3-12-13-11/h1-2,4,14H,3H2. The fourth-order valence-corrected chi connectivity index (χ4v) is 1.74. The van der Waals surface area contributed by atoms with Crippen LogP contribution in [0.4, 0.5) is 13.2 Å². The molecule has 0 radical (unpaired) electrons. The molecule has 82 valence electrons. The van der Waals surface area contributed by atoms with Crippen LogP contribution in [0, 0.1) is 0 Å². The van der Waals surface area contributed by atoms with Crippen molar-refractivity contribution in [3.63, 3.8) is 0 Å². The number of rotatable bonds is 3. The molecule has 1 unspecified atom stereocenters. The summed E-state index contributed by atoms with van der Waals surface area (Å²) < 4.78 is 36.5. The molecule has 1 aromatic rings. The Labute approximate surface area is 86.6 Å². The maximum absolute atomic E-state index is 12.2. The predicted octanol–water partition coefficient (Wildman–Crippen LogP) is 3.11. The second-order valence-electron chi connectivity index (χ2n) is 2.63. The van der Waals surface area contributed by atoms with Gasteiger partial charge in [0, 0.05) is 9.79 Å². The van der Waals surface area contributed by atoms with Gasteiger partial charge in [0.2, 0.25) is 0 Å². The van der Waals surface area contributed by atoms with Crippen LogP contribution in [-0.4, -0.2) is 11.7 Å². The highest BCUT2D eigenvalue weighted by Gasteiger charge is 2.32. The van der Waals surface area contributed by atoms with Crippen molar-refractivity contribution in [2.75, 3.05) is 6.54 Å². The molecule has 0 aromatic carbocycles. The van der Waals surface area contributed by atoms with Crippen LogP contribution in [0.15, 0.2) is 17.2 Å². The number of thiophene rings is 1. The van der Waals surface area contributed by atoms with Gasteiger partial charge < -0.3 is 5.11 Å². The summed E-state index contributed by atoms with van der Waals surface area (Å²) in [5.41, 5.74) is 7.97. The Hall–Kier alpha value is -1.24. The third-order valence-corrected chi connectivity index (χ3v) is 2.78. The van der Waals surface area contributed by atoms with Crippen LogP contribution in [-0.2, 0) is 6.18 Å². The molecule has 0 aliphatic heterocycles. The highest BCUT2D eigenvalue weighted by atomic mass is 32.1. The van der Waals surface area contributed by atoms with Crippen LogP contribution in [0.3, 0.4) is 0 Å². The van der Waals surface area contributed by atoms with E-state index in [-0.39, 0.29) is 11.4 Å². The maximum atomic E-state index is 12.2. The highest BCUT2D eigenvalue weighted by molar-refractivity contribution is 7.12. The van der Waals surface area contributed by atoms with E-state index in [1.165, 1.54) is 6.07 Å². The van der Waals surface area contributed by atoms with Gasteiger partial charge in [0.15, 0.2) is 0 Å². The smallest absolute Gasteiger partial charge is 0.387 e. The summed E-state index contributed by atoms with van der Waals surface area (Å²) in [6, 6.07) is 2.06. The molecule has 15 heavy (non-hydrogen) atoms. The average molecular weight is 237 g/mol. The SMILES string of the molecule is [N-]=[N+]=NCC(O)c1ccc(C(F)(F)F)s1. The first kappa shape index (κ1) is 11.8. The normalized spacial score (nSPS) is 13.3. The Bertz CT molecular complexity index is 383. The summed E-state index contributed by atoms with van der Waals surface area (Å²) in [5.74, 6) is 0. The molecule has 1 aromatic heterocycles. The lowest BCUT2D eigenvalue weighted by Gasteiger charge is -2.04.